The van der Waals surface area contributed by atoms with Gasteiger partial charge in [0, 0.05) is 11.1 Å². The minimum Gasteiger partial charge on any atom is -0.478 e. The number of carboxylic acids is 1. The Bertz CT molecular complexity index is 405. The van der Waals surface area contributed by atoms with Crippen molar-refractivity contribution in [3.63, 3.8) is 0 Å². The summed E-state index contributed by atoms with van der Waals surface area (Å²) in [6.45, 7) is 1.78. The van der Waals surface area contributed by atoms with E-state index in [4.69, 9.17) is 5.11 Å². The first-order valence-corrected chi connectivity index (χ1v) is 4.66. The second-order valence-electron chi connectivity index (χ2n) is 3.12. The number of hydrogen-bond donors (Lipinski definition) is 1. The monoisotopic (exact) mass is 204 g/mol. The minimum absolute atomic E-state index is 0.332. The first-order chi connectivity index (χ1) is 7.17. The van der Waals surface area contributed by atoms with Gasteiger partial charge in [-0.3, -0.25) is 4.79 Å². The lowest BCUT2D eigenvalue weighted by molar-refractivity contribution is -0.132. The van der Waals surface area contributed by atoms with Crippen molar-refractivity contribution >= 4 is 18.3 Å². The molecule has 0 aromatic heterocycles. The van der Waals surface area contributed by atoms with Crippen LogP contribution in [0.1, 0.15) is 29.3 Å². The molecule has 0 amide bonds. The van der Waals surface area contributed by atoms with Crippen molar-refractivity contribution in [3.8, 4) is 0 Å². The fourth-order valence-corrected chi connectivity index (χ4v) is 1.24. The van der Waals surface area contributed by atoms with Gasteiger partial charge in [0.1, 0.15) is 6.29 Å². The van der Waals surface area contributed by atoms with Gasteiger partial charge in [-0.1, -0.05) is 25.1 Å². The number of aldehydes is 1. The molecular formula is C12H12O3. The van der Waals surface area contributed by atoms with Crippen LogP contribution in [0.15, 0.2) is 29.8 Å². The van der Waals surface area contributed by atoms with E-state index in [1.54, 1.807) is 37.3 Å². The largest absolute Gasteiger partial charge is 0.478 e. The van der Waals surface area contributed by atoms with Crippen LogP contribution in [0.4, 0.5) is 0 Å². The summed E-state index contributed by atoms with van der Waals surface area (Å²) in [4.78, 5) is 21.3. The zero-order valence-electron chi connectivity index (χ0n) is 8.43. The maximum Gasteiger partial charge on any atom is 0.331 e. The van der Waals surface area contributed by atoms with Crippen LogP contribution in [0.25, 0.3) is 6.08 Å². The van der Waals surface area contributed by atoms with E-state index in [1.165, 1.54) is 0 Å². The van der Waals surface area contributed by atoms with Gasteiger partial charge in [0.15, 0.2) is 0 Å². The lowest BCUT2D eigenvalue weighted by Crippen LogP contribution is -1.98. The normalized spacial score (nSPS) is 11.1. The molecule has 0 heterocycles. The Morgan fingerprint density at radius 2 is 2.07 bits per heavy atom. The van der Waals surface area contributed by atoms with Gasteiger partial charge in [-0.15, -0.1) is 0 Å². The molecule has 0 radical (unpaired) electrons. The average molecular weight is 204 g/mol. The van der Waals surface area contributed by atoms with E-state index < -0.39 is 5.97 Å². The molecule has 0 saturated heterocycles. The molecule has 3 heteroatoms. The van der Waals surface area contributed by atoms with Gasteiger partial charge in [-0.2, -0.15) is 0 Å². The molecule has 0 unspecified atom stereocenters. The predicted octanol–water partition coefficient (Wildman–Crippen LogP) is 2.38. The van der Waals surface area contributed by atoms with Crippen LogP contribution >= 0.6 is 0 Å². The van der Waals surface area contributed by atoms with Gasteiger partial charge >= 0.3 is 5.97 Å². The molecule has 0 fully saturated rings. The zero-order valence-corrected chi connectivity index (χ0v) is 8.43. The summed E-state index contributed by atoms with van der Waals surface area (Å²) in [7, 11) is 0. The molecule has 0 bridgehead atoms. The average Bonchev–Trinajstić information content (AvgIpc) is 2.25. The molecule has 1 rings (SSSR count). The van der Waals surface area contributed by atoms with Crippen LogP contribution in [0.3, 0.4) is 0 Å². The SMILES string of the molecule is CCC(=Cc1cccc(C=O)c1)C(=O)O. The molecule has 1 aromatic carbocycles. The Hall–Kier alpha value is -1.90. The third kappa shape index (κ3) is 3.06. The summed E-state index contributed by atoms with van der Waals surface area (Å²) < 4.78 is 0. The van der Waals surface area contributed by atoms with Crippen LogP contribution in [0, 0.1) is 0 Å². The topological polar surface area (TPSA) is 54.4 Å². The first-order valence-electron chi connectivity index (χ1n) is 4.66. The van der Waals surface area contributed by atoms with Gasteiger partial charge in [0.25, 0.3) is 0 Å². The Morgan fingerprint density at radius 1 is 1.40 bits per heavy atom. The van der Waals surface area contributed by atoms with Crippen LogP contribution in [-0.4, -0.2) is 17.4 Å². The third-order valence-corrected chi connectivity index (χ3v) is 2.04. The smallest absolute Gasteiger partial charge is 0.331 e. The third-order valence-electron chi connectivity index (χ3n) is 2.04. The molecule has 0 atom stereocenters. The van der Waals surface area contributed by atoms with E-state index in [0.717, 1.165) is 11.8 Å². The highest BCUT2D eigenvalue weighted by Crippen LogP contribution is 2.11. The Morgan fingerprint density at radius 3 is 2.60 bits per heavy atom. The number of hydrogen-bond acceptors (Lipinski definition) is 2. The molecule has 0 aliphatic heterocycles. The molecule has 0 aliphatic rings. The summed E-state index contributed by atoms with van der Waals surface area (Å²) in [6.07, 6.45) is 2.78. The van der Waals surface area contributed by atoms with Crippen molar-refractivity contribution in [2.75, 3.05) is 0 Å². The van der Waals surface area contributed by atoms with Gasteiger partial charge in [-0.25, -0.2) is 4.79 Å². The van der Waals surface area contributed by atoms with E-state index in [0.29, 0.717) is 17.6 Å². The van der Waals surface area contributed by atoms with E-state index in [1.807, 2.05) is 0 Å². The Labute approximate surface area is 88.0 Å². The van der Waals surface area contributed by atoms with Crippen LogP contribution < -0.4 is 0 Å². The van der Waals surface area contributed by atoms with Crippen molar-refractivity contribution in [2.45, 2.75) is 13.3 Å². The number of benzene rings is 1. The minimum atomic E-state index is -0.922. The summed E-state index contributed by atoms with van der Waals surface area (Å²) in [6, 6.07) is 6.83. The maximum atomic E-state index is 10.8. The molecular weight excluding hydrogens is 192 g/mol. The van der Waals surface area contributed by atoms with Gasteiger partial charge < -0.3 is 5.11 Å². The standard InChI is InChI=1S/C12H12O3/c1-2-11(12(14)15)7-9-4-3-5-10(6-9)8-13/h3-8H,2H2,1H3,(H,14,15). The molecule has 0 aliphatic carbocycles. The van der Waals surface area contributed by atoms with Crippen molar-refractivity contribution in [2.24, 2.45) is 0 Å². The summed E-state index contributed by atoms with van der Waals surface area (Å²) in [5, 5.41) is 8.82. The zero-order chi connectivity index (χ0) is 11.3. The van der Waals surface area contributed by atoms with Crippen molar-refractivity contribution < 1.29 is 14.7 Å². The number of carbonyl (C=O) groups is 2. The molecule has 0 saturated carbocycles. The van der Waals surface area contributed by atoms with E-state index in [2.05, 4.69) is 0 Å². The Balaban J connectivity index is 3.05. The van der Waals surface area contributed by atoms with Crippen LogP contribution in [0.2, 0.25) is 0 Å². The quantitative estimate of drug-likeness (QED) is 0.605. The predicted molar refractivity (Wildman–Crippen MR) is 57.7 cm³/mol. The van der Waals surface area contributed by atoms with E-state index >= 15 is 0 Å². The van der Waals surface area contributed by atoms with Gasteiger partial charge in [-0.05, 0) is 24.1 Å². The maximum absolute atomic E-state index is 10.8. The fraction of sp³-hybridized carbons (Fsp3) is 0.167. The van der Waals surface area contributed by atoms with E-state index in [-0.39, 0.29) is 0 Å². The highest BCUT2D eigenvalue weighted by atomic mass is 16.4. The molecule has 78 valence electrons. The summed E-state index contributed by atoms with van der Waals surface area (Å²) in [5.41, 5.74) is 1.61. The molecule has 1 aromatic rings. The van der Waals surface area contributed by atoms with Crippen molar-refractivity contribution in [1.29, 1.82) is 0 Å². The highest BCUT2D eigenvalue weighted by Gasteiger charge is 2.03. The van der Waals surface area contributed by atoms with Crippen molar-refractivity contribution in [1.82, 2.24) is 0 Å². The molecule has 3 nitrogen and oxygen atoms in total. The molecule has 1 N–H and O–H groups in total. The van der Waals surface area contributed by atoms with Gasteiger partial charge in [0.05, 0.1) is 0 Å². The molecule has 15 heavy (non-hydrogen) atoms. The molecule has 0 spiro atoms. The number of carbonyl (C=O) groups excluding carboxylic acids is 1. The lowest BCUT2D eigenvalue weighted by Gasteiger charge is -1.99. The second kappa shape index (κ2) is 5.10. The van der Waals surface area contributed by atoms with Crippen LogP contribution in [-0.2, 0) is 4.79 Å². The summed E-state index contributed by atoms with van der Waals surface area (Å²) in [5.74, 6) is -0.922. The lowest BCUT2D eigenvalue weighted by atomic mass is 10.1. The second-order valence-corrected chi connectivity index (χ2v) is 3.12. The number of rotatable bonds is 4. The van der Waals surface area contributed by atoms with Gasteiger partial charge in [0.2, 0.25) is 0 Å². The first kappa shape index (κ1) is 11.2. The van der Waals surface area contributed by atoms with Crippen LogP contribution in [0.5, 0.6) is 0 Å². The Kier molecular flexibility index (Phi) is 3.80. The summed E-state index contributed by atoms with van der Waals surface area (Å²) >= 11 is 0. The number of carboxylic acid groups (broad SMARTS) is 1. The fourth-order valence-electron chi connectivity index (χ4n) is 1.24. The number of aliphatic carboxylic acids is 1. The highest BCUT2D eigenvalue weighted by molar-refractivity contribution is 5.92. The van der Waals surface area contributed by atoms with Crippen molar-refractivity contribution in [3.05, 3.63) is 41.0 Å². The van der Waals surface area contributed by atoms with E-state index in [9.17, 15) is 9.59 Å².